The molecule has 0 bridgehead atoms. The summed E-state index contributed by atoms with van der Waals surface area (Å²) < 4.78 is 18.9. The summed E-state index contributed by atoms with van der Waals surface area (Å²) in [6, 6.07) is 6.53. The van der Waals surface area contributed by atoms with E-state index >= 15 is 0 Å². The molecule has 0 saturated carbocycles. The standard InChI is InChI=1S/C15H24FNO2/c1-3-4-9-19-11-13(18)10-17-12(2)14-7-5-6-8-15(14)16/h5-8,12-13,17-18H,3-4,9-11H2,1-2H3/t12-,13?/m1/s1. The van der Waals surface area contributed by atoms with Gasteiger partial charge in [0, 0.05) is 24.8 Å². The Morgan fingerprint density at radius 2 is 2.11 bits per heavy atom. The summed E-state index contributed by atoms with van der Waals surface area (Å²) in [5.41, 5.74) is 0.613. The third kappa shape index (κ3) is 6.14. The molecular formula is C15H24FNO2. The van der Waals surface area contributed by atoms with Crippen LogP contribution in [0.5, 0.6) is 0 Å². The summed E-state index contributed by atoms with van der Waals surface area (Å²) in [5, 5.41) is 12.8. The zero-order valence-electron chi connectivity index (χ0n) is 11.7. The predicted octanol–water partition coefficient (Wildman–Crippen LogP) is 2.65. The number of aliphatic hydroxyl groups excluding tert-OH is 1. The molecule has 2 atom stereocenters. The van der Waals surface area contributed by atoms with Crippen molar-refractivity contribution in [1.82, 2.24) is 5.32 Å². The molecular weight excluding hydrogens is 245 g/mol. The van der Waals surface area contributed by atoms with E-state index in [2.05, 4.69) is 12.2 Å². The monoisotopic (exact) mass is 269 g/mol. The van der Waals surface area contributed by atoms with Gasteiger partial charge in [-0.05, 0) is 19.4 Å². The SMILES string of the molecule is CCCCOCC(O)CN[C@H](C)c1ccccc1F. The van der Waals surface area contributed by atoms with Crippen molar-refractivity contribution in [3.63, 3.8) is 0 Å². The van der Waals surface area contributed by atoms with Crippen LogP contribution in [0, 0.1) is 5.82 Å². The molecule has 3 nitrogen and oxygen atoms in total. The van der Waals surface area contributed by atoms with Gasteiger partial charge < -0.3 is 15.2 Å². The van der Waals surface area contributed by atoms with E-state index in [-0.39, 0.29) is 11.9 Å². The van der Waals surface area contributed by atoms with Gasteiger partial charge in [0.05, 0.1) is 12.7 Å². The summed E-state index contributed by atoms with van der Waals surface area (Å²) in [7, 11) is 0. The highest BCUT2D eigenvalue weighted by molar-refractivity contribution is 5.20. The number of halogens is 1. The van der Waals surface area contributed by atoms with Crippen molar-refractivity contribution < 1.29 is 14.2 Å². The van der Waals surface area contributed by atoms with E-state index in [1.54, 1.807) is 18.2 Å². The van der Waals surface area contributed by atoms with Crippen molar-refractivity contribution in [2.45, 2.75) is 38.8 Å². The van der Waals surface area contributed by atoms with E-state index in [1.165, 1.54) is 6.07 Å². The van der Waals surface area contributed by atoms with Crippen LogP contribution in [0.25, 0.3) is 0 Å². The van der Waals surface area contributed by atoms with E-state index < -0.39 is 6.10 Å². The van der Waals surface area contributed by atoms with Gasteiger partial charge >= 0.3 is 0 Å². The first-order chi connectivity index (χ1) is 9.15. The molecule has 2 N–H and O–H groups in total. The molecule has 0 saturated heterocycles. The third-order valence-electron chi connectivity index (χ3n) is 2.98. The van der Waals surface area contributed by atoms with Crippen LogP contribution >= 0.6 is 0 Å². The molecule has 0 radical (unpaired) electrons. The molecule has 1 unspecified atom stereocenters. The van der Waals surface area contributed by atoms with E-state index in [4.69, 9.17) is 4.74 Å². The average molecular weight is 269 g/mol. The Morgan fingerprint density at radius 3 is 2.79 bits per heavy atom. The quantitative estimate of drug-likeness (QED) is 0.677. The van der Waals surface area contributed by atoms with Gasteiger partial charge in [0.25, 0.3) is 0 Å². The van der Waals surface area contributed by atoms with Crippen LogP contribution in [0.3, 0.4) is 0 Å². The first-order valence-corrected chi connectivity index (χ1v) is 6.88. The van der Waals surface area contributed by atoms with Crippen LogP contribution in [0.1, 0.15) is 38.3 Å². The Kier molecular flexibility index (Phi) is 7.63. The Balaban J connectivity index is 2.26. The van der Waals surface area contributed by atoms with Gasteiger partial charge in [0.2, 0.25) is 0 Å². The number of nitrogens with one attached hydrogen (secondary N) is 1. The molecule has 0 aliphatic rings. The minimum absolute atomic E-state index is 0.133. The van der Waals surface area contributed by atoms with Crippen molar-refractivity contribution in [3.8, 4) is 0 Å². The van der Waals surface area contributed by atoms with Crippen LogP contribution in [0.2, 0.25) is 0 Å². The number of unbranched alkanes of at least 4 members (excludes halogenated alkanes) is 1. The van der Waals surface area contributed by atoms with Gasteiger partial charge in [-0.1, -0.05) is 31.5 Å². The summed E-state index contributed by atoms with van der Waals surface area (Å²) in [6.45, 7) is 5.36. The van der Waals surface area contributed by atoms with Crippen molar-refractivity contribution >= 4 is 0 Å². The lowest BCUT2D eigenvalue weighted by atomic mass is 10.1. The van der Waals surface area contributed by atoms with Crippen LogP contribution in [-0.2, 0) is 4.74 Å². The van der Waals surface area contributed by atoms with Gasteiger partial charge in [-0.15, -0.1) is 0 Å². The largest absolute Gasteiger partial charge is 0.389 e. The molecule has 1 aromatic rings. The van der Waals surface area contributed by atoms with Crippen LogP contribution < -0.4 is 5.32 Å². The van der Waals surface area contributed by atoms with Gasteiger partial charge in [0.1, 0.15) is 5.82 Å². The second kappa shape index (κ2) is 9.02. The zero-order valence-corrected chi connectivity index (χ0v) is 11.7. The van der Waals surface area contributed by atoms with Crippen molar-refractivity contribution in [1.29, 1.82) is 0 Å². The second-order valence-electron chi connectivity index (χ2n) is 4.73. The maximum atomic E-state index is 13.5. The lowest BCUT2D eigenvalue weighted by molar-refractivity contribution is 0.0348. The van der Waals surface area contributed by atoms with Gasteiger partial charge in [-0.25, -0.2) is 4.39 Å². The second-order valence-corrected chi connectivity index (χ2v) is 4.73. The van der Waals surface area contributed by atoms with Crippen molar-refractivity contribution in [2.24, 2.45) is 0 Å². The molecule has 0 aromatic heterocycles. The van der Waals surface area contributed by atoms with E-state index in [0.29, 0.717) is 25.3 Å². The van der Waals surface area contributed by atoms with E-state index in [0.717, 1.165) is 12.8 Å². The molecule has 19 heavy (non-hydrogen) atoms. The summed E-state index contributed by atoms with van der Waals surface area (Å²) in [6.07, 6.45) is 1.52. The molecule has 1 aromatic carbocycles. The Bertz CT molecular complexity index is 360. The molecule has 0 fully saturated rings. The predicted molar refractivity (Wildman–Crippen MR) is 74.6 cm³/mol. The minimum Gasteiger partial charge on any atom is -0.389 e. The highest BCUT2D eigenvalue weighted by atomic mass is 19.1. The first kappa shape index (κ1) is 16.1. The molecule has 0 spiro atoms. The highest BCUT2D eigenvalue weighted by Crippen LogP contribution is 2.15. The number of hydrogen-bond donors (Lipinski definition) is 2. The molecule has 0 amide bonds. The summed E-state index contributed by atoms with van der Waals surface area (Å²) >= 11 is 0. The average Bonchev–Trinajstić information content (AvgIpc) is 2.41. The fourth-order valence-electron chi connectivity index (χ4n) is 1.77. The smallest absolute Gasteiger partial charge is 0.127 e. The van der Waals surface area contributed by atoms with Gasteiger partial charge in [0.15, 0.2) is 0 Å². The molecule has 1 rings (SSSR count). The number of benzene rings is 1. The maximum absolute atomic E-state index is 13.5. The third-order valence-corrected chi connectivity index (χ3v) is 2.98. The topological polar surface area (TPSA) is 41.5 Å². The summed E-state index contributed by atoms with van der Waals surface area (Å²) in [5.74, 6) is -0.226. The lowest BCUT2D eigenvalue weighted by Gasteiger charge is -2.18. The van der Waals surface area contributed by atoms with Crippen LogP contribution in [0.15, 0.2) is 24.3 Å². The van der Waals surface area contributed by atoms with Crippen LogP contribution in [0.4, 0.5) is 4.39 Å². The minimum atomic E-state index is -0.564. The fourth-order valence-corrected chi connectivity index (χ4v) is 1.77. The first-order valence-electron chi connectivity index (χ1n) is 6.88. The molecule has 4 heteroatoms. The van der Waals surface area contributed by atoms with E-state index in [9.17, 15) is 9.50 Å². The molecule has 0 aliphatic heterocycles. The van der Waals surface area contributed by atoms with Crippen molar-refractivity contribution in [3.05, 3.63) is 35.6 Å². The molecule has 108 valence electrons. The van der Waals surface area contributed by atoms with Gasteiger partial charge in [-0.3, -0.25) is 0 Å². The normalized spacial score (nSPS) is 14.3. The fraction of sp³-hybridized carbons (Fsp3) is 0.600. The molecule has 0 aliphatic carbocycles. The van der Waals surface area contributed by atoms with Gasteiger partial charge in [-0.2, -0.15) is 0 Å². The Morgan fingerprint density at radius 1 is 1.37 bits per heavy atom. The van der Waals surface area contributed by atoms with E-state index in [1.807, 2.05) is 6.92 Å². The highest BCUT2D eigenvalue weighted by Gasteiger charge is 2.11. The number of ether oxygens (including phenoxy) is 1. The van der Waals surface area contributed by atoms with Crippen molar-refractivity contribution in [2.75, 3.05) is 19.8 Å². The zero-order chi connectivity index (χ0) is 14.1. The lowest BCUT2D eigenvalue weighted by Crippen LogP contribution is -2.32. The number of aliphatic hydroxyl groups is 1. The number of hydrogen-bond acceptors (Lipinski definition) is 3. The summed E-state index contributed by atoms with van der Waals surface area (Å²) in [4.78, 5) is 0. The van der Waals surface area contributed by atoms with Crippen LogP contribution in [-0.4, -0.2) is 31.0 Å². The number of rotatable bonds is 9. The Labute approximate surface area is 114 Å². The molecule has 0 heterocycles. The maximum Gasteiger partial charge on any atom is 0.127 e. The Hall–Kier alpha value is -0.970.